The summed E-state index contributed by atoms with van der Waals surface area (Å²) in [7, 11) is 0. The summed E-state index contributed by atoms with van der Waals surface area (Å²) in [5, 5.41) is 12.6. The summed E-state index contributed by atoms with van der Waals surface area (Å²) < 4.78 is 11.0. The molecule has 0 saturated carbocycles. The molecule has 2 atom stereocenters. The van der Waals surface area contributed by atoms with E-state index in [4.69, 9.17) is 9.47 Å². The number of amides is 1. The maximum atomic E-state index is 12.6. The van der Waals surface area contributed by atoms with Gasteiger partial charge in [-0.15, -0.1) is 0 Å². The maximum Gasteiger partial charge on any atom is 0.408 e. The van der Waals surface area contributed by atoms with Crippen molar-refractivity contribution in [2.24, 2.45) is 0 Å². The number of ether oxygens (including phenoxy) is 2. The molecular weight excluding hydrogens is 454 g/mol. The van der Waals surface area contributed by atoms with Crippen LogP contribution in [0.5, 0.6) is 0 Å². The lowest BCUT2D eigenvalue weighted by Crippen LogP contribution is -2.48. The molecule has 0 aliphatic carbocycles. The number of alkyl carbamates (subject to hydrolysis) is 1. The van der Waals surface area contributed by atoms with Crippen molar-refractivity contribution in [1.29, 1.82) is 0 Å². The zero-order valence-electron chi connectivity index (χ0n) is 23.0. The molecule has 6 nitrogen and oxygen atoms in total. The summed E-state index contributed by atoms with van der Waals surface area (Å²) in [5.41, 5.74) is -0.263. The van der Waals surface area contributed by atoms with Crippen molar-refractivity contribution in [1.82, 2.24) is 5.32 Å². The second-order valence-corrected chi connectivity index (χ2v) is 10.4. The molecule has 36 heavy (non-hydrogen) atoms. The number of esters is 1. The molecule has 0 radical (unpaired) electrons. The average Bonchev–Trinajstić information content (AvgIpc) is 2.84. The number of carbonyl (C=O) groups is 2. The summed E-state index contributed by atoms with van der Waals surface area (Å²) in [4.78, 5) is 24.9. The smallest absolute Gasteiger partial charge is 0.408 e. The van der Waals surface area contributed by atoms with E-state index < -0.39 is 36.4 Å². The summed E-state index contributed by atoms with van der Waals surface area (Å²) in [5.74, 6) is -0.510. The number of carbonyl (C=O) groups excluding carboxylic acids is 2. The lowest BCUT2D eigenvalue weighted by Gasteiger charge is -2.26. The quantitative estimate of drug-likeness (QED) is 0.124. The number of rotatable bonds is 18. The third-order valence-corrected chi connectivity index (χ3v) is 5.85. The molecule has 2 unspecified atom stereocenters. The summed E-state index contributed by atoms with van der Waals surface area (Å²) >= 11 is 0. The summed E-state index contributed by atoms with van der Waals surface area (Å²) in [6, 6.07) is 7.86. The van der Waals surface area contributed by atoms with Gasteiger partial charge in [-0.2, -0.15) is 0 Å². The van der Waals surface area contributed by atoms with Crippen LogP contribution in [0.15, 0.2) is 42.5 Å². The molecule has 0 spiro atoms. The zero-order chi connectivity index (χ0) is 26.7. The molecule has 0 aliphatic rings. The van der Waals surface area contributed by atoms with Gasteiger partial charge in [0.15, 0.2) is 0 Å². The summed E-state index contributed by atoms with van der Waals surface area (Å²) in [6.45, 7) is 7.15. The second-order valence-electron chi connectivity index (χ2n) is 10.4. The van der Waals surface area contributed by atoms with Crippen LogP contribution in [0.2, 0.25) is 0 Å². The molecule has 1 amide bonds. The first kappa shape index (κ1) is 31.7. The Kier molecular flexibility index (Phi) is 16.6. The highest BCUT2D eigenvalue weighted by Gasteiger charge is 2.27. The molecule has 0 bridgehead atoms. The van der Waals surface area contributed by atoms with Crippen LogP contribution in [0, 0.1) is 0 Å². The van der Waals surface area contributed by atoms with Gasteiger partial charge in [-0.05, 0) is 51.8 Å². The Balaban J connectivity index is 2.53. The van der Waals surface area contributed by atoms with Crippen LogP contribution in [0.4, 0.5) is 4.79 Å². The van der Waals surface area contributed by atoms with Crippen molar-refractivity contribution in [3.05, 3.63) is 48.0 Å². The van der Waals surface area contributed by atoms with E-state index in [0.29, 0.717) is 5.56 Å². The van der Waals surface area contributed by atoms with Crippen molar-refractivity contribution in [3.8, 4) is 0 Å². The first-order chi connectivity index (χ1) is 17.3. The minimum absolute atomic E-state index is 0.394. The number of nitrogens with one attached hydrogen (secondary N) is 1. The molecule has 6 heteroatoms. The number of hydrogen-bond acceptors (Lipinski definition) is 5. The number of hydrogen-bond donors (Lipinski definition) is 2. The number of aliphatic hydroxyl groups excluding tert-OH is 1. The van der Waals surface area contributed by atoms with Gasteiger partial charge in [0.1, 0.15) is 11.7 Å². The van der Waals surface area contributed by atoms with Crippen molar-refractivity contribution in [2.75, 3.05) is 6.61 Å². The van der Waals surface area contributed by atoms with Crippen molar-refractivity contribution in [2.45, 2.75) is 122 Å². The van der Waals surface area contributed by atoms with E-state index in [2.05, 4.69) is 12.2 Å². The molecule has 0 heterocycles. The predicted octanol–water partition coefficient (Wildman–Crippen LogP) is 7.35. The van der Waals surface area contributed by atoms with E-state index in [1.807, 2.05) is 12.1 Å². The van der Waals surface area contributed by atoms with Gasteiger partial charge < -0.3 is 19.9 Å². The SMILES string of the molecule is CCCCCCCCCCCCC/C=C/C(OC(=O)c1ccccc1)C(CO)NC(=O)OC(C)(C)C. The fourth-order valence-corrected chi connectivity index (χ4v) is 3.87. The van der Waals surface area contributed by atoms with E-state index in [9.17, 15) is 14.7 Å². The molecule has 2 N–H and O–H groups in total. The molecule has 1 rings (SSSR count). The highest BCUT2D eigenvalue weighted by Crippen LogP contribution is 2.14. The number of aliphatic hydroxyl groups is 1. The fourth-order valence-electron chi connectivity index (χ4n) is 3.87. The second kappa shape index (κ2) is 18.9. The van der Waals surface area contributed by atoms with Crippen LogP contribution < -0.4 is 5.32 Å². The van der Waals surface area contributed by atoms with Crippen molar-refractivity contribution < 1.29 is 24.2 Å². The van der Waals surface area contributed by atoms with Gasteiger partial charge in [0.2, 0.25) is 0 Å². The highest BCUT2D eigenvalue weighted by atomic mass is 16.6. The molecule has 0 aromatic heterocycles. The summed E-state index contributed by atoms with van der Waals surface area (Å²) in [6.07, 6.45) is 17.2. The van der Waals surface area contributed by atoms with E-state index >= 15 is 0 Å². The van der Waals surface area contributed by atoms with Crippen LogP contribution in [-0.4, -0.2) is 41.5 Å². The van der Waals surface area contributed by atoms with Crippen molar-refractivity contribution >= 4 is 12.1 Å². The van der Waals surface area contributed by atoms with Gasteiger partial charge in [0, 0.05) is 0 Å². The molecule has 1 aromatic carbocycles. The number of benzene rings is 1. The third kappa shape index (κ3) is 15.6. The minimum Gasteiger partial charge on any atom is -0.452 e. The molecule has 0 saturated heterocycles. The molecule has 0 aliphatic heterocycles. The first-order valence-corrected chi connectivity index (χ1v) is 13.8. The average molecular weight is 504 g/mol. The molecule has 1 aromatic rings. The Labute approximate surface area is 218 Å². The van der Waals surface area contributed by atoms with E-state index in [0.717, 1.165) is 19.3 Å². The van der Waals surface area contributed by atoms with Crippen LogP contribution >= 0.6 is 0 Å². The lowest BCUT2D eigenvalue weighted by molar-refractivity contribution is 0.0181. The maximum absolute atomic E-state index is 12.6. The standard InChI is InChI=1S/C30H49NO5/c1-5-6-7-8-9-10-11-12-13-14-15-16-20-23-27(35-28(33)25-21-18-17-19-22-25)26(24-32)31-29(34)36-30(2,3)4/h17-23,26-27,32H,5-16,24H2,1-4H3,(H,31,34)/b23-20+. The van der Waals surface area contributed by atoms with Crippen molar-refractivity contribution in [3.63, 3.8) is 0 Å². The number of unbranched alkanes of at least 4 members (excludes halogenated alkanes) is 11. The van der Waals surface area contributed by atoms with Gasteiger partial charge in [-0.3, -0.25) is 0 Å². The molecule has 0 fully saturated rings. The van der Waals surface area contributed by atoms with Gasteiger partial charge >= 0.3 is 12.1 Å². The van der Waals surface area contributed by atoms with Crippen LogP contribution in [0.3, 0.4) is 0 Å². The van der Waals surface area contributed by atoms with Crippen LogP contribution in [-0.2, 0) is 9.47 Å². The predicted molar refractivity (Wildman–Crippen MR) is 146 cm³/mol. The Morgan fingerprint density at radius 2 is 1.47 bits per heavy atom. The first-order valence-electron chi connectivity index (χ1n) is 13.8. The van der Waals surface area contributed by atoms with Gasteiger partial charge in [0.05, 0.1) is 18.2 Å². The largest absolute Gasteiger partial charge is 0.452 e. The van der Waals surface area contributed by atoms with E-state index in [1.54, 1.807) is 51.1 Å². The Hall–Kier alpha value is -2.34. The molecule has 204 valence electrons. The zero-order valence-corrected chi connectivity index (χ0v) is 23.0. The monoisotopic (exact) mass is 503 g/mol. The highest BCUT2D eigenvalue weighted by molar-refractivity contribution is 5.89. The lowest BCUT2D eigenvalue weighted by atomic mass is 10.0. The van der Waals surface area contributed by atoms with Crippen LogP contribution in [0.1, 0.15) is 115 Å². The Morgan fingerprint density at radius 1 is 0.917 bits per heavy atom. The van der Waals surface area contributed by atoms with E-state index in [1.165, 1.54) is 57.8 Å². The fraction of sp³-hybridized carbons (Fsp3) is 0.667. The number of allylic oxidation sites excluding steroid dienone is 1. The van der Waals surface area contributed by atoms with Crippen LogP contribution in [0.25, 0.3) is 0 Å². The van der Waals surface area contributed by atoms with E-state index in [-0.39, 0.29) is 0 Å². The normalized spacial score (nSPS) is 13.4. The Bertz CT molecular complexity index is 741. The van der Waals surface area contributed by atoms with Gasteiger partial charge in [-0.25, -0.2) is 9.59 Å². The van der Waals surface area contributed by atoms with Gasteiger partial charge in [0.25, 0.3) is 0 Å². The molecular formula is C30H49NO5. The third-order valence-electron chi connectivity index (χ3n) is 5.85. The topological polar surface area (TPSA) is 84.9 Å². The minimum atomic E-state index is -0.818. The Morgan fingerprint density at radius 3 is 2.00 bits per heavy atom. The van der Waals surface area contributed by atoms with Gasteiger partial charge in [-0.1, -0.05) is 95.4 Å².